The first-order valence-corrected chi connectivity index (χ1v) is 9.31. The van der Waals surface area contributed by atoms with Crippen molar-refractivity contribution in [1.82, 2.24) is 19.7 Å². The molecule has 0 spiro atoms. The van der Waals surface area contributed by atoms with Crippen molar-refractivity contribution in [3.63, 3.8) is 0 Å². The van der Waals surface area contributed by atoms with Crippen molar-refractivity contribution in [3.05, 3.63) is 35.9 Å². The van der Waals surface area contributed by atoms with Crippen LogP contribution >= 0.6 is 11.8 Å². The zero-order chi connectivity index (χ0) is 17.8. The van der Waals surface area contributed by atoms with Crippen LogP contribution in [-0.4, -0.2) is 43.9 Å². The molecular weight excluding hydrogens is 341 g/mol. The molecule has 1 aromatic carbocycles. The van der Waals surface area contributed by atoms with Gasteiger partial charge in [0.15, 0.2) is 11.0 Å². The fraction of sp³-hybridized carbons (Fsp3) is 0.471. The Hall–Kier alpha value is -1.93. The summed E-state index contributed by atoms with van der Waals surface area (Å²) in [7, 11) is 0. The molecule has 0 unspecified atom stereocenters. The van der Waals surface area contributed by atoms with Gasteiger partial charge < -0.3 is 5.73 Å². The van der Waals surface area contributed by atoms with Crippen LogP contribution in [0.4, 0.5) is 4.39 Å². The van der Waals surface area contributed by atoms with Gasteiger partial charge in [-0.3, -0.25) is 14.3 Å². The van der Waals surface area contributed by atoms with Crippen molar-refractivity contribution in [2.45, 2.75) is 43.1 Å². The highest BCUT2D eigenvalue weighted by molar-refractivity contribution is 8.00. The Labute approximate surface area is 150 Å². The van der Waals surface area contributed by atoms with E-state index in [1.54, 1.807) is 19.1 Å². The minimum absolute atomic E-state index is 0.297. The van der Waals surface area contributed by atoms with E-state index < -0.39 is 11.2 Å². The van der Waals surface area contributed by atoms with Crippen LogP contribution in [0.1, 0.15) is 32.0 Å². The number of hydrogen-bond acceptors (Lipinski definition) is 5. The normalized spacial score (nSPS) is 16.7. The van der Waals surface area contributed by atoms with Gasteiger partial charge in [-0.15, -0.1) is 10.2 Å². The molecule has 1 saturated heterocycles. The second-order valence-electron chi connectivity index (χ2n) is 6.21. The molecule has 1 fully saturated rings. The maximum atomic E-state index is 13.3. The predicted molar refractivity (Wildman–Crippen MR) is 95.0 cm³/mol. The van der Waals surface area contributed by atoms with Gasteiger partial charge in [-0.2, -0.15) is 0 Å². The highest BCUT2D eigenvalue weighted by Crippen LogP contribution is 2.26. The lowest BCUT2D eigenvalue weighted by molar-refractivity contribution is -0.117. The molecule has 0 radical (unpaired) electrons. The van der Waals surface area contributed by atoms with Gasteiger partial charge >= 0.3 is 0 Å². The number of benzene rings is 1. The SMILES string of the molecule is C[C@@H](Sc1nnc(CN2CCCCC2)n1-c1ccc(F)cc1)C(N)=O. The number of piperidine rings is 1. The molecule has 6 nitrogen and oxygen atoms in total. The van der Waals surface area contributed by atoms with Crippen molar-refractivity contribution < 1.29 is 9.18 Å². The number of nitrogens with zero attached hydrogens (tertiary/aromatic N) is 4. The lowest BCUT2D eigenvalue weighted by atomic mass is 10.1. The van der Waals surface area contributed by atoms with Crippen molar-refractivity contribution >= 4 is 17.7 Å². The third kappa shape index (κ3) is 4.38. The highest BCUT2D eigenvalue weighted by Gasteiger charge is 2.21. The van der Waals surface area contributed by atoms with E-state index in [0.717, 1.165) is 24.6 Å². The molecule has 2 N–H and O–H groups in total. The summed E-state index contributed by atoms with van der Waals surface area (Å²) in [4.78, 5) is 13.8. The van der Waals surface area contributed by atoms with Gasteiger partial charge in [-0.1, -0.05) is 18.2 Å². The summed E-state index contributed by atoms with van der Waals surface area (Å²) in [6.45, 7) is 4.49. The first-order chi connectivity index (χ1) is 12.0. The van der Waals surface area contributed by atoms with Crippen LogP contribution in [0.3, 0.4) is 0 Å². The molecule has 8 heteroatoms. The van der Waals surface area contributed by atoms with Gasteiger partial charge in [0.05, 0.1) is 11.8 Å². The molecule has 1 amide bonds. The standard InChI is InChI=1S/C17H22FN5OS/c1-12(16(19)24)25-17-21-20-15(11-22-9-3-2-4-10-22)23(17)14-7-5-13(18)6-8-14/h5-8,12H,2-4,9-11H2,1H3,(H2,19,24)/t12-/m1/s1. The molecule has 0 saturated carbocycles. The van der Waals surface area contributed by atoms with Crippen molar-refractivity contribution in [2.24, 2.45) is 5.73 Å². The number of aromatic nitrogens is 3. The molecule has 2 heterocycles. The van der Waals surface area contributed by atoms with Gasteiger partial charge in [-0.25, -0.2) is 4.39 Å². The largest absolute Gasteiger partial charge is 0.369 e. The Morgan fingerprint density at radius 1 is 1.24 bits per heavy atom. The van der Waals surface area contributed by atoms with E-state index in [9.17, 15) is 9.18 Å². The number of hydrogen-bond donors (Lipinski definition) is 1. The second-order valence-corrected chi connectivity index (χ2v) is 7.52. The molecule has 2 aromatic rings. The van der Waals surface area contributed by atoms with E-state index in [0.29, 0.717) is 11.7 Å². The fourth-order valence-electron chi connectivity index (χ4n) is 2.86. The van der Waals surface area contributed by atoms with Crippen LogP contribution in [-0.2, 0) is 11.3 Å². The molecule has 1 aromatic heterocycles. The van der Waals surface area contributed by atoms with E-state index in [1.165, 1.54) is 43.2 Å². The first-order valence-electron chi connectivity index (χ1n) is 8.43. The molecule has 0 bridgehead atoms. The van der Waals surface area contributed by atoms with Crippen molar-refractivity contribution in [2.75, 3.05) is 13.1 Å². The summed E-state index contributed by atoms with van der Waals surface area (Å²) in [5, 5.41) is 8.74. The number of nitrogens with two attached hydrogens (primary N) is 1. The van der Waals surface area contributed by atoms with Gasteiger partial charge in [0.1, 0.15) is 5.82 Å². The lowest BCUT2D eigenvalue weighted by Gasteiger charge is -2.26. The summed E-state index contributed by atoms with van der Waals surface area (Å²) < 4.78 is 15.2. The Morgan fingerprint density at radius 2 is 1.92 bits per heavy atom. The van der Waals surface area contributed by atoms with E-state index >= 15 is 0 Å². The van der Waals surface area contributed by atoms with E-state index in [-0.39, 0.29) is 5.82 Å². The Balaban J connectivity index is 1.92. The van der Waals surface area contributed by atoms with Crippen LogP contribution in [0, 0.1) is 5.82 Å². The number of halogens is 1. The molecule has 1 aliphatic heterocycles. The summed E-state index contributed by atoms with van der Waals surface area (Å²) in [5.74, 6) is 0.0815. The zero-order valence-corrected chi connectivity index (χ0v) is 15.0. The first kappa shape index (κ1) is 17.9. The number of thioether (sulfide) groups is 1. The molecule has 3 rings (SSSR count). The van der Waals surface area contributed by atoms with Gasteiger partial charge in [0, 0.05) is 5.69 Å². The number of likely N-dealkylation sites (tertiary alicyclic amines) is 1. The highest BCUT2D eigenvalue weighted by atomic mass is 32.2. The summed E-state index contributed by atoms with van der Waals surface area (Å²) >= 11 is 1.26. The lowest BCUT2D eigenvalue weighted by Crippen LogP contribution is -2.30. The maximum Gasteiger partial charge on any atom is 0.230 e. The molecule has 25 heavy (non-hydrogen) atoms. The van der Waals surface area contributed by atoms with Crippen LogP contribution in [0.25, 0.3) is 5.69 Å². The Morgan fingerprint density at radius 3 is 2.56 bits per heavy atom. The molecule has 134 valence electrons. The molecule has 0 aliphatic carbocycles. The van der Waals surface area contributed by atoms with E-state index in [2.05, 4.69) is 15.1 Å². The second kappa shape index (κ2) is 7.97. The summed E-state index contributed by atoms with van der Waals surface area (Å²) in [6.07, 6.45) is 3.63. The van der Waals surface area contributed by atoms with Crippen LogP contribution in [0.5, 0.6) is 0 Å². The Bertz CT molecular complexity index is 727. The van der Waals surface area contributed by atoms with Gasteiger partial charge in [-0.05, 0) is 57.1 Å². The third-order valence-corrected chi connectivity index (χ3v) is 5.34. The minimum atomic E-state index is -0.425. The topological polar surface area (TPSA) is 77.0 Å². The number of amides is 1. The van der Waals surface area contributed by atoms with E-state index in [1.807, 2.05) is 4.57 Å². The van der Waals surface area contributed by atoms with Gasteiger partial charge in [0.2, 0.25) is 5.91 Å². The van der Waals surface area contributed by atoms with E-state index in [4.69, 9.17) is 5.73 Å². The quantitative estimate of drug-likeness (QED) is 0.797. The minimum Gasteiger partial charge on any atom is -0.369 e. The monoisotopic (exact) mass is 363 g/mol. The smallest absolute Gasteiger partial charge is 0.230 e. The fourth-order valence-corrected chi connectivity index (χ4v) is 3.70. The molecule has 1 aliphatic rings. The number of carbonyl (C=O) groups excluding carboxylic acids is 1. The van der Waals surface area contributed by atoms with Crippen LogP contribution in [0.2, 0.25) is 0 Å². The molecular formula is C17H22FN5OS. The number of carbonyl (C=O) groups is 1. The average Bonchev–Trinajstić information content (AvgIpc) is 2.98. The number of rotatable bonds is 6. The van der Waals surface area contributed by atoms with Crippen molar-refractivity contribution in [1.29, 1.82) is 0 Å². The average molecular weight is 363 g/mol. The summed E-state index contributed by atoms with van der Waals surface area (Å²) in [5.41, 5.74) is 6.15. The van der Waals surface area contributed by atoms with Crippen molar-refractivity contribution in [3.8, 4) is 5.69 Å². The van der Waals surface area contributed by atoms with Crippen LogP contribution in [0.15, 0.2) is 29.4 Å². The maximum absolute atomic E-state index is 13.3. The third-order valence-electron chi connectivity index (χ3n) is 4.28. The van der Waals surface area contributed by atoms with Crippen LogP contribution < -0.4 is 5.73 Å². The Kier molecular flexibility index (Phi) is 5.70. The summed E-state index contributed by atoms with van der Waals surface area (Å²) in [6, 6.07) is 6.20. The molecule has 1 atom stereocenters. The number of primary amides is 1. The predicted octanol–water partition coefficient (Wildman–Crippen LogP) is 2.36. The van der Waals surface area contributed by atoms with Gasteiger partial charge in [0.25, 0.3) is 0 Å². The zero-order valence-electron chi connectivity index (χ0n) is 14.2.